The first-order valence-corrected chi connectivity index (χ1v) is 7.33. The summed E-state index contributed by atoms with van der Waals surface area (Å²) in [7, 11) is 2.02. The first-order valence-electron chi connectivity index (χ1n) is 7.33. The molecule has 0 amide bonds. The van der Waals surface area contributed by atoms with Crippen molar-refractivity contribution >= 4 is 29.9 Å². The van der Waals surface area contributed by atoms with E-state index in [9.17, 15) is 0 Å². The van der Waals surface area contributed by atoms with Gasteiger partial charge in [0.1, 0.15) is 5.82 Å². The molecule has 0 unspecified atom stereocenters. The second kappa shape index (κ2) is 9.45. The van der Waals surface area contributed by atoms with Gasteiger partial charge in [-0.15, -0.1) is 24.0 Å². The molecular formula is C16H24IN5. The van der Waals surface area contributed by atoms with Crippen LogP contribution in [0.1, 0.15) is 19.7 Å². The molecule has 2 N–H and O–H groups in total. The van der Waals surface area contributed by atoms with Crippen LogP contribution < -0.4 is 5.32 Å². The number of halogens is 1. The molecule has 1 aromatic heterocycles. The molecule has 1 aromatic carbocycles. The summed E-state index contributed by atoms with van der Waals surface area (Å²) in [6.07, 6.45) is 1.88. The highest BCUT2D eigenvalue weighted by Gasteiger charge is 2.09. The number of hydrogen-bond acceptors (Lipinski definition) is 2. The van der Waals surface area contributed by atoms with E-state index in [-0.39, 0.29) is 24.0 Å². The Hall–Kier alpha value is -1.57. The summed E-state index contributed by atoms with van der Waals surface area (Å²) in [5.41, 5.74) is 2.18. The molecule has 0 spiro atoms. The van der Waals surface area contributed by atoms with Crippen LogP contribution in [0, 0.1) is 0 Å². The largest absolute Gasteiger partial charge is 0.357 e. The third kappa shape index (κ3) is 5.01. The van der Waals surface area contributed by atoms with Crippen LogP contribution in [-0.4, -0.2) is 41.0 Å². The Morgan fingerprint density at radius 3 is 2.64 bits per heavy atom. The quantitative estimate of drug-likeness (QED) is 0.450. The smallest absolute Gasteiger partial charge is 0.194 e. The van der Waals surface area contributed by atoms with Crippen molar-refractivity contribution in [3.05, 3.63) is 42.4 Å². The van der Waals surface area contributed by atoms with Crippen LogP contribution in [0.4, 0.5) is 0 Å². The molecule has 0 bridgehead atoms. The highest BCUT2D eigenvalue weighted by Crippen LogP contribution is 2.16. The van der Waals surface area contributed by atoms with E-state index in [1.54, 1.807) is 0 Å². The van der Waals surface area contributed by atoms with E-state index >= 15 is 0 Å². The van der Waals surface area contributed by atoms with Gasteiger partial charge in [-0.3, -0.25) is 4.99 Å². The number of hydrogen-bond donors (Lipinski definition) is 2. The van der Waals surface area contributed by atoms with Crippen molar-refractivity contribution in [2.75, 3.05) is 20.1 Å². The highest BCUT2D eigenvalue weighted by atomic mass is 127. The molecule has 0 fully saturated rings. The molecule has 5 nitrogen and oxygen atoms in total. The van der Waals surface area contributed by atoms with E-state index in [2.05, 4.69) is 44.2 Å². The number of nitrogens with one attached hydrogen (secondary N) is 2. The summed E-state index contributed by atoms with van der Waals surface area (Å²) < 4.78 is 0. The molecule has 22 heavy (non-hydrogen) atoms. The van der Waals surface area contributed by atoms with Crippen molar-refractivity contribution in [1.29, 1.82) is 0 Å². The maximum Gasteiger partial charge on any atom is 0.194 e. The summed E-state index contributed by atoms with van der Waals surface area (Å²) in [5, 5.41) is 3.28. The van der Waals surface area contributed by atoms with Gasteiger partial charge >= 0.3 is 0 Å². The zero-order valence-corrected chi connectivity index (χ0v) is 15.7. The predicted molar refractivity (Wildman–Crippen MR) is 103 cm³/mol. The van der Waals surface area contributed by atoms with Crippen molar-refractivity contribution in [3.63, 3.8) is 0 Å². The Labute approximate surface area is 149 Å². The molecule has 2 rings (SSSR count). The molecular weight excluding hydrogens is 389 g/mol. The Bertz CT molecular complexity index is 579. The number of imidazole rings is 1. The lowest BCUT2D eigenvalue weighted by molar-refractivity contribution is 0.464. The number of H-pyrrole nitrogens is 1. The summed E-state index contributed by atoms with van der Waals surface area (Å²) in [6, 6.07) is 10.2. The minimum atomic E-state index is 0. The molecule has 1 heterocycles. The van der Waals surface area contributed by atoms with Crippen LogP contribution in [0.25, 0.3) is 11.3 Å². The van der Waals surface area contributed by atoms with Gasteiger partial charge in [0.05, 0.1) is 18.4 Å². The van der Waals surface area contributed by atoms with Crippen LogP contribution in [0.2, 0.25) is 0 Å². The fourth-order valence-electron chi connectivity index (χ4n) is 2.13. The SMILES string of the molecule is CCN=C(NCC)N(C)Cc1ncc(-c2ccccc2)[nH]1.I. The van der Waals surface area contributed by atoms with Gasteiger partial charge in [-0.1, -0.05) is 30.3 Å². The number of guanidine groups is 1. The zero-order valence-electron chi connectivity index (χ0n) is 13.3. The third-order valence-electron chi connectivity index (χ3n) is 3.10. The Balaban J connectivity index is 0.00000242. The van der Waals surface area contributed by atoms with E-state index in [1.807, 2.05) is 38.4 Å². The minimum Gasteiger partial charge on any atom is -0.357 e. The van der Waals surface area contributed by atoms with E-state index in [1.165, 1.54) is 0 Å². The number of rotatable bonds is 5. The van der Waals surface area contributed by atoms with Crippen LogP contribution in [0.3, 0.4) is 0 Å². The van der Waals surface area contributed by atoms with E-state index in [0.717, 1.165) is 36.1 Å². The van der Waals surface area contributed by atoms with Gasteiger partial charge in [0.25, 0.3) is 0 Å². The van der Waals surface area contributed by atoms with E-state index in [4.69, 9.17) is 0 Å². The minimum absolute atomic E-state index is 0. The van der Waals surface area contributed by atoms with Crippen molar-refractivity contribution < 1.29 is 0 Å². The molecule has 0 aliphatic rings. The van der Waals surface area contributed by atoms with Gasteiger partial charge < -0.3 is 15.2 Å². The Morgan fingerprint density at radius 1 is 1.27 bits per heavy atom. The van der Waals surface area contributed by atoms with Crippen LogP contribution >= 0.6 is 24.0 Å². The van der Waals surface area contributed by atoms with Gasteiger partial charge in [-0.25, -0.2) is 4.98 Å². The predicted octanol–water partition coefficient (Wildman–Crippen LogP) is 3.11. The number of aromatic nitrogens is 2. The molecule has 0 saturated carbocycles. The summed E-state index contributed by atoms with van der Waals surface area (Å²) in [4.78, 5) is 14.4. The fraction of sp³-hybridized carbons (Fsp3) is 0.375. The molecule has 0 atom stereocenters. The Morgan fingerprint density at radius 2 is 2.00 bits per heavy atom. The summed E-state index contributed by atoms with van der Waals surface area (Å²) >= 11 is 0. The summed E-state index contributed by atoms with van der Waals surface area (Å²) in [5.74, 6) is 1.83. The lowest BCUT2D eigenvalue weighted by atomic mass is 10.2. The average Bonchev–Trinajstić information content (AvgIpc) is 2.96. The fourth-order valence-corrected chi connectivity index (χ4v) is 2.13. The van der Waals surface area contributed by atoms with E-state index < -0.39 is 0 Å². The second-order valence-electron chi connectivity index (χ2n) is 4.79. The molecule has 0 aliphatic heterocycles. The maximum absolute atomic E-state index is 4.46. The van der Waals surface area contributed by atoms with Crippen LogP contribution in [0.5, 0.6) is 0 Å². The first kappa shape index (κ1) is 18.5. The van der Waals surface area contributed by atoms with Gasteiger partial charge in [-0.2, -0.15) is 0 Å². The highest BCUT2D eigenvalue weighted by molar-refractivity contribution is 14.0. The van der Waals surface area contributed by atoms with E-state index in [0.29, 0.717) is 6.54 Å². The molecule has 0 radical (unpaired) electrons. The normalized spacial score (nSPS) is 11.0. The average molecular weight is 413 g/mol. The standard InChI is InChI=1S/C16H23N5.HI/c1-4-17-16(18-5-2)21(3)12-15-19-11-14(20-15)13-9-7-6-8-10-13;/h6-11H,4-5,12H2,1-3H3,(H,17,18)(H,19,20);1H. The monoisotopic (exact) mass is 413 g/mol. The first-order chi connectivity index (χ1) is 10.2. The van der Waals surface area contributed by atoms with Crippen molar-refractivity contribution in [2.45, 2.75) is 20.4 Å². The van der Waals surface area contributed by atoms with Crippen molar-refractivity contribution in [1.82, 2.24) is 20.2 Å². The van der Waals surface area contributed by atoms with Crippen molar-refractivity contribution in [2.24, 2.45) is 4.99 Å². The number of aliphatic imine (C=N–C) groups is 1. The topological polar surface area (TPSA) is 56.3 Å². The van der Waals surface area contributed by atoms with Gasteiger partial charge in [-0.05, 0) is 19.4 Å². The molecule has 0 saturated heterocycles. The molecule has 6 heteroatoms. The van der Waals surface area contributed by atoms with Gasteiger partial charge in [0.15, 0.2) is 5.96 Å². The van der Waals surface area contributed by atoms with Crippen molar-refractivity contribution in [3.8, 4) is 11.3 Å². The van der Waals surface area contributed by atoms with Gasteiger partial charge in [0.2, 0.25) is 0 Å². The lowest BCUT2D eigenvalue weighted by Gasteiger charge is -2.20. The zero-order chi connectivity index (χ0) is 15.1. The lowest BCUT2D eigenvalue weighted by Crippen LogP contribution is -2.38. The second-order valence-corrected chi connectivity index (χ2v) is 4.79. The Kier molecular flexibility index (Phi) is 7.94. The van der Waals surface area contributed by atoms with Gasteiger partial charge in [0, 0.05) is 20.1 Å². The van der Waals surface area contributed by atoms with Crippen LogP contribution in [0.15, 0.2) is 41.5 Å². The maximum atomic E-state index is 4.46. The molecule has 0 aliphatic carbocycles. The number of benzene rings is 1. The molecule has 120 valence electrons. The number of aromatic amines is 1. The third-order valence-corrected chi connectivity index (χ3v) is 3.10. The number of nitrogens with zero attached hydrogens (tertiary/aromatic N) is 3. The van der Waals surface area contributed by atoms with Crippen LogP contribution in [-0.2, 0) is 6.54 Å². The summed E-state index contributed by atoms with van der Waals surface area (Å²) in [6.45, 7) is 6.42. The molecule has 2 aromatic rings.